The first-order chi connectivity index (χ1) is 13.8. The van der Waals surface area contributed by atoms with Gasteiger partial charge in [0.15, 0.2) is 0 Å². The monoisotopic (exact) mass is 413 g/mol. The van der Waals surface area contributed by atoms with Crippen molar-refractivity contribution in [3.63, 3.8) is 0 Å². The second-order valence-corrected chi connectivity index (χ2v) is 10.2. The van der Waals surface area contributed by atoms with Crippen molar-refractivity contribution in [3.8, 4) is 0 Å². The molecule has 1 amide bonds. The van der Waals surface area contributed by atoms with Crippen LogP contribution in [0.4, 0.5) is 10.1 Å². The van der Waals surface area contributed by atoms with E-state index in [-0.39, 0.29) is 24.0 Å². The molecule has 1 spiro atoms. The van der Waals surface area contributed by atoms with E-state index in [1.165, 1.54) is 18.4 Å². The lowest BCUT2D eigenvalue weighted by atomic mass is 9.99. The number of benzene rings is 1. The lowest BCUT2D eigenvalue weighted by Crippen LogP contribution is -2.32. The van der Waals surface area contributed by atoms with Crippen molar-refractivity contribution in [2.24, 2.45) is 0 Å². The van der Waals surface area contributed by atoms with Gasteiger partial charge in [-0.15, -0.1) is 0 Å². The zero-order chi connectivity index (χ0) is 20.4. The number of hydrogen-bond donors (Lipinski definition) is 0. The van der Waals surface area contributed by atoms with Crippen LogP contribution in [-0.2, 0) is 33.1 Å². The van der Waals surface area contributed by atoms with E-state index in [4.69, 9.17) is 0 Å². The Morgan fingerprint density at radius 2 is 2.00 bits per heavy atom. The van der Waals surface area contributed by atoms with E-state index >= 15 is 0 Å². The fourth-order valence-electron chi connectivity index (χ4n) is 4.37. The first-order valence-corrected chi connectivity index (χ1v) is 11.6. The molecule has 0 radical (unpaired) electrons. The smallest absolute Gasteiger partial charge is 0.238 e. The Morgan fingerprint density at radius 1 is 1.21 bits per heavy atom. The molecule has 0 bridgehead atoms. The highest BCUT2D eigenvalue weighted by Crippen LogP contribution is 2.57. The van der Waals surface area contributed by atoms with E-state index in [1.54, 1.807) is 23.4 Å². The van der Waals surface area contributed by atoms with Crippen molar-refractivity contribution >= 4 is 32.3 Å². The summed E-state index contributed by atoms with van der Waals surface area (Å²) in [7, 11) is -3.17. The molecule has 2 aromatic heterocycles. The lowest BCUT2D eigenvalue weighted by molar-refractivity contribution is -0.120. The second kappa shape index (κ2) is 6.13. The van der Waals surface area contributed by atoms with Gasteiger partial charge < -0.3 is 9.47 Å². The number of amides is 1. The Kier molecular flexibility index (Phi) is 3.87. The van der Waals surface area contributed by atoms with E-state index < -0.39 is 15.3 Å². The van der Waals surface area contributed by atoms with Gasteiger partial charge in [-0.05, 0) is 48.7 Å². The topological polar surface area (TPSA) is 72.3 Å². The average Bonchev–Trinajstić information content (AvgIpc) is 3.36. The molecule has 1 aliphatic heterocycles. The van der Waals surface area contributed by atoms with Crippen LogP contribution in [0, 0.1) is 5.82 Å². The maximum absolute atomic E-state index is 13.7. The number of aryl methyl sites for hydroxylation is 1. The van der Waals surface area contributed by atoms with E-state index in [0.717, 1.165) is 35.3 Å². The first kappa shape index (κ1) is 18.3. The molecule has 150 valence electrons. The van der Waals surface area contributed by atoms with Crippen LogP contribution >= 0.6 is 0 Å². The number of sulfone groups is 1. The van der Waals surface area contributed by atoms with Gasteiger partial charge in [0.25, 0.3) is 0 Å². The van der Waals surface area contributed by atoms with E-state index in [2.05, 4.69) is 4.98 Å². The summed E-state index contributed by atoms with van der Waals surface area (Å²) in [6.45, 7) is 0.537. The summed E-state index contributed by atoms with van der Waals surface area (Å²) in [6.07, 6.45) is 6.29. The molecule has 0 atom stereocenters. The third-order valence-electron chi connectivity index (χ3n) is 5.97. The van der Waals surface area contributed by atoms with E-state index in [0.29, 0.717) is 11.9 Å². The summed E-state index contributed by atoms with van der Waals surface area (Å²) in [6, 6.07) is 8.19. The largest absolute Gasteiger partial charge is 0.342 e. The van der Waals surface area contributed by atoms with Gasteiger partial charge in [0, 0.05) is 35.6 Å². The van der Waals surface area contributed by atoms with Crippen LogP contribution in [0.15, 0.2) is 42.7 Å². The Balaban J connectivity index is 1.58. The molecule has 6 nitrogen and oxygen atoms in total. The van der Waals surface area contributed by atoms with Crippen molar-refractivity contribution in [3.05, 3.63) is 59.8 Å². The number of halogens is 1. The molecule has 29 heavy (non-hydrogen) atoms. The van der Waals surface area contributed by atoms with Gasteiger partial charge in [0.2, 0.25) is 5.91 Å². The van der Waals surface area contributed by atoms with Crippen LogP contribution in [0.25, 0.3) is 10.9 Å². The highest BCUT2D eigenvalue weighted by Gasteiger charge is 2.59. The van der Waals surface area contributed by atoms with Crippen LogP contribution in [0.3, 0.4) is 0 Å². The second-order valence-electron chi connectivity index (χ2n) is 7.99. The SMILES string of the molecule is CS(=O)(=O)CCn1c(CN2C(=O)C3(CC3)c3ccncc32)cc2cc(F)ccc21. The summed E-state index contributed by atoms with van der Waals surface area (Å²) < 4.78 is 39.1. The Labute approximate surface area is 167 Å². The molecular weight excluding hydrogens is 393 g/mol. The number of aromatic nitrogens is 2. The molecule has 2 aliphatic rings. The molecule has 1 saturated carbocycles. The summed E-state index contributed by atoms with van der Waals surface area (Å²) in [5, 5.41) is 0.688. The minimum Gasteiger partial charge on any atom is -0.342 e. The number of carbonyl (C=O) groups excluding carboxylic acids is 1. The predicted octanol–water partition coefficient (Wildman–Crippen LogP) is 2.80. The van der Waals surface area contributed by atoms with Crippen LogP contribution in [0.1, 0.15) is 24.1 Å². The Morgan fingerprint density at radius 3 is 2.72 bits per heavy atom. The molecular formula is C21H20FN3O3S. The fraction of sp³-hybridized carbons (Fsp3) is 0.333. The number of pyridine rings is 1. The van der Waals surface area contributed by atoms with Crippen LogP contribution < -0.4 is 4.90 Å². The molecule has 5 rings (SSSR count). The number of carbonyl (C=O) groups is 1. The molecule has 0 unspecified atom stereocenters. The zero-order valence-corrected chi connectivity index (χ0v) is 16.7. The number of fused-ring (bicyclic) bond motifs is 3. The van der Waals surface area contributed by atoms with Gasteiger partial charge >= 0.3 is 0 Å². The highest BCUT2D eigenvalue weighted by molar-refractivity contribution is 7.90. The third kappa shape index (κ3) is 2.93. The van der Waals surface area contributed by atoms with Crippen LogP contribution in [0.2, 0.25) is 0 Å². The average molecular weight is 413 g/mol. The quantitative estimate of drug-likeness (QED) is 0.645. The van der Waals surface area contributed by atoms with Gasteiger partial charge in [-0.2, -0.15) is 0 Å². The molecule has 0 N–H and O–H groups in total. The molecule has 3 aromatic rings. The normalized spacial score (nSPS) is 17.3. The van der Waals surface area contributed by atoms with E-state index in [1.807, 2.05) is 16.7 Å². The van der Waals surface area contributed by atoms with Crippen molar-refractivity contribution in [1.82, 2.24) is 9.55 Å². The van der Waals surface area contributed by atoms with Crippen LogP contribution in [-0.4, -0.2) is 35.9 Å². The minimum absolute atomic E-state index is 0.0306. The molecule has 3 heterocycles. The maximum Gasteiger partial charge on any atom is 0.238 e. The molecule has 1 fully saturated rings. The number of hydrogen-bond acceptors (Lipinski definition) is 4. The van der Waals surface area contributed by atoms with Gasteiger partial charge in [-0.3, -0.25) is 9.78 Å². The summed E-state index contributed by atoms with van der Waals surface area (Å²) >= 11 is 0. The molecule has 1 aliphatic carbocycles. The fourth-order valence-corrected chi connectivity index (χ4v) is 4.88. The number of rotatable bonds is 5. The predicted molar refractivity (Wildman–Crippen MR) is 108 cm³/mol. The molecule has 8 heteroatoms. The van der Waals surface area contributed by atoms with Crippen molar-refractivity contribution in [2.75, 3.05) is 16.9 Å². The Hall–Kier alpha value is -2.74. The summed E-state index contributed by atoms with van der Waals surface area (Å²) in [4.78, 5) is 19.1. The number of nitrogens with zero attached hydrogens (tertiary/aromatic N) is 3. The number of anilines is 1. The van der Waals surface area contributed by atoms with Crippen molar-refractivity contribution < 1.29 is 17.6 Å². The van der Waals surface area contributed by atoms with Crippen LogP contribution in [0.5, 0.6) is 0 Å². The lowest BCUT2D eigenvalue weighted by Gasteiger charge is -2.19. The standard InChI is InChI=1S/C21H20FN3O3S/c1-29(27,28)9-8-24-16(11-14-10-15(22)2-3-18(14)24)13-25-19-12-23-7-4-17(19)21(5-6-21)20(25)26/h2-4,7,10-12H,5-6,8-9,13H2,1H3. The van der Waals surface area contributed by atoms with Gasteiger partial charge in [0.05, 0.1) is 29.6 Å². The van der Waals surface area contributed by atoms with Crippen molar-refractivity contribution in [1.29, 1.82) is 0 Å². The van der Waals surface area contributed by atoms with Gasteiger partial charge in [-0.25, -0.2) is 12.8 Å². The molecule has 1 aromatic carbocycles. The zero-order valence-electron chi connectivity index (χ0n) is 15.9. The van der Waals surface area contributed by atoms with Gasteiger partial charge in [0.1, 0.15) is 15.7 Å². The first-order valence-electron chi connectivity index (χ1n) is 9.50. The highest BCUT2D eigenvalue weighted by atomic mass is 32.2. The minimum atomic E-state index is -3.17. The summed E-state index contributed by atoms with van der Waals surface area (Å²) in [5.74, 6) is -0.323. The van der Waals surface area contributed by atoms with E-state index in [9.17, 15) is 17.6 Å². The third-order valence-corrected chi connectivity index (χ3v) is 6.89. The Bertz CT molecular complexity index is 1260. The summed E-state index contributed by atoms with van der Waals surface area (Å²) in [5.41, 5.74) is 2.93. The maximum atomic E-state index is 13.7. The molecule has 0 saturated heterocycles. The van der Waals surface area contributed by atoms with Crippen molar-refractivity contribution in [2.45, 2.75) is 31.3 Å². The van der Waals surface area contributed by atoms with Gasteiger partial charge in [-0.1, -0.05) is 0 Å².